The van der Waals surface area contributed by atoms with E-state index in [-0.39, 0.29) is 6.04 Å². The summed E-state index contributed by atoms with van der Waals surface area (Å²) in [6.45, 7) is 0.579. The molecule has 0 spiro atoms. The number of anilines is 1. The van der Waals surface area contributed by atoms with Gasteiger partial charge in [-0.05, 0) is 67.0 Å². The van der Waals surface area contributed by atoms with Gasteiger partial charge in [-0.3, -0.25) is 4.84 Å². The Morgan fingerprint density at radius 2 is 1.79 bits per heavy atom. The quantitative estimate of drug-likeness (QED) is 0.798. The van der Waals surface area contributed by atoms with Crippen LogP contribution in [-0.4, -0.2) is 20.8 Å². The molecule has 2 N–H and O–H groups in total. The fourth-order valence-corrected chi connectivity index (χ4v) is 4.19. The first-order valence-corrected chi connectivity index (χ1v) is 9.93. The van der Waals surface area contributed by atoms with Crippen LogP contribution in [0.2, 0.25) is 0 Å². The van der Waals surface area contributed by atoms with Crippen molar-refractivity contribution in [3.63, 3.8) is 0 Å². The molecule has 5 heteroatoms. The van der Waals surface area contributed by atoms with Crippen molar-refractivity contribution in [3.05, 3.63) is 64.9 Å². The molecule has 1 heterocycles. The SMILES string of the molecule is COc1ccc(CCON2C3=C(CCCC3)C(N)c3ccccc32)cc1OC. The van der Waals surface area contributed by atoms with Gasteiger partial charge in [-0.25, -0.2) is 5.06 Å². The molecule has 148 valence electrons. The van der Waals surface area contributed by atoms with Crippen LogP contribution in [0.15, 0.2) is 53.7 Å². The van der Waals surface area contributed by atoms with Crippen molar-refractivity contribution < 1.29 is 14.3 Å². The largest absolute Gasteiger partial charge is 0.493 e. The monoisotopic (exact) mass is 380 g/mol. The summed E-state index contributed by atoms with van der Waals surface area (Å²) >= 11 is 0. The number of nitrogens with zero attached hydrogens (tertiary/aromatic N) is 1. The van der Waals surface area contributed by atoms with E-state index in [1.54, 1.807) is 14.2 Å². The zero-order valence-corrected chi connectivity index (χ0v) is 16.6. The molecule has 5 nitrogen and oxygen atoms in total. The smallest absolute Gasteiger partial charge is 0.160 e. The number of allylic oxidation sites excluding steroid dienone is 1. The van der Waals surface area contributed by atoms with Crippen LogP contribution in [-0.2, 0) is 11.3 Å². The summed E-state index contributed by atoms with van der Waals surface area (Å²) in [5.74, 6) is 1.48. The van der Waals surface area contributed by atoms with Crippen LogP contribution >= 0.6 is 0 Å². The van der Waals surface area contributed by atoms with Gasteiger partial charge in [-0.15, -0.1) is 0 Å². The van der Waals surface area contributed by atoms with Crippen molar-refractivity contribution in [3.8, 4) is 11.5 Å². The topological polar surface area (TPSA) is 57.0 Å². The lowest BCUT2D eigenvalue weighted by atomic mass is 9.84. The second-order valence-corrected chi connectivity index (χ2v) is 7.28. The molecular formula is C23H28N2O3. The maximum atomic E-state index is 6.58. The molecule has 1 aliphatic carbocycles. The van der Waals surface area contributed by atoms with Gasteiger partial charge in [0.05, 0.1) is 32.6 Å². The van der Waals surface area contributed by atoms with Crippen LogP contribution in [0.4, 0.5) is 5.69 Å². The summed E-state index contributed by atoms with van der Waals surface area (Å²) in [4.78, 5) is 6.31. The number of rotatable bonds is 6. The summed E-state index contributed by atoms with van der Waals surface area (Å²) in [6, 6.07) is 14.3. The third kappa shape index (κ3) is 3.48. The molecule has 0 aromatic heterocycles. The second kappa shape index (κ2) is 8.25. The lowest BCUT2D eigenvalue weighted by Gasteiger charge is -2.39. The standard InChI is InChI=1S/C23H28N2O3/c1-26-21-12-11-16(15-22(21)27-2)13-14-28-25-19-9-5-3-7-17(19)23(24)18-8-4-6-10-20(18)25/h3,5,7,9,11-12,15,23H,4,6,8,10,13-14,24H2,1-2H3. The van der Waals surface area contributed by atoms with E-state index in [1.807, 2.05) is 23.3 Å². The Kier molecular flexibility index (Phi) is 5.55. The number of hydrogen-bond donors (Lipinski definition) is 1. The molecule has 1 unspecified atom stereocenters. The first-order valence-electron chi connectivity index (χ1n) is 9.93. The third-order valence-corrected chi connectivity index (χ3v) is 5.65. The molecule has 1 atom stereocenters. The normalized spacial score (nSPS) is 18.5. The van der Waals surface area contributed by atoms with Crippen molar-refractivity contribution in [1.82, 2.24) is 0 Å². The van der Waals surface area contributed by atoms with E-state index >= 15 is 0 Å². The summed E-state index contributed by atoms with van der Waals surface area (Å²) in [5.41, 5.74) is 12.5. The van der Waals surface area contributed by atoms with Gasteiger partial charge < -0.3 is 15.2 Å². The lowest BCUT2D eigenvalue weighted by Crippen LogP contribution is -2.35. The molecule has 0 saturated carbocycles. The number of nitrogens with two attached hydrogens (primary N) is 1. The fourth-order valence-electron chi connectivity index (χ4n) is 4.19. The number of para-hydroxylation sites is 1. The molecule has 4 rings (SSSR count). The van der Waals surface area contributed by atoms with Crippen LogP contribution in [0.5, 0.6) is 11.5 Å². The van der Waals surface area contributed by atoms with Gasteiger partial charge in [-0.1, -0.05) is 24.3 Å². The third-order valence-electron chi connectivity index (χ3n) is 5.65. The minimum absolute atomic E-state index is 0.0165. The highest BCUT2D eigenvalue weighted by atomic mass is 16.7. The van der Waals surface area contributed by atoms with Crippen molar-refractivity contribution in [2.24, 2.45) is 5.73 Å². The van der Waals surface area contributed by atoms with Crippen LogP contribution in [0.25, 0.3) is 0 Å². The number of ether oxygens (including phenoxy) is 2. The average Bonchev–Trinajstić information content (AvgIpc) is 2.76. The van der Waals surface area contributed by atoms with Gasteiger partial charge in [0.1, 0.15) is 0 Å². The Labute approximate surface area is 166 Å². The highest BCUT2D eigenvalue weighted by molar-refractivity contribution is 5.63. The van der Waals surface area contributed by atoms with E-state index in [2.05, 4.69) is 24.3 Å². The highest BCUT2D eigenvalue weighted by Gasteiger charge is 2.32. The number of hydrogen-bond acceptors (Lipinski definition) is 5. The van der Waals surface area contributed by atoms with Gasteiger partial charge in [-0.2, -0.15) is 0 Å². The number of methoxy groups -OCH3 is 2. The Hall–Kier alpha value is -2.50. The molecule has 0 amide bonds. The van der Waals surface area contributed by atoms with E-state index in [4.69, 9.17) is 20.0 Å². The van der Waals surface area contributed by atoms with Crippen molar-refractivity contribution >= 4 is 5.69 Å². The summed E-state index contributed by atoms with van der Waals surface area (Å²) in [5, 5.41) is 2.04. The Morgan fingerprint density at radius 3 is 2.61 bits per heavy atom. The Balaban J connectivity index is 1.52. The minimum atomic E-state index is -0.0165. The molecule has 2 aliphatic rings. The highest BCUT2D eigenvalue weighted by Crippen LogP contribution is 2.44. The Morgan fingerprint density at radius 1 is 1.00 bits per heavy atom. The molecule has 0 bridgehead atoms. The summed E-state index contributed by atoms with van der Waals surface area (Å²) in [7, 11) is 3.30. The van der Waals surface area contributed by atoms with E-state index in [9.17, 15) is 0 Å². The molecule has 28 heavy (non-hydrogen) atoms. The lowest BCUT2D eigenvalue weighted by molar-refractivity contribution is 0.121. The fraction of sp³-hybridized carbons (Fsp3) is 0.391. The molecule has 0 radical (unpaired) electrons. The van der Waals surface area contributed by atoms with E-state index < -0.39 is 0 Å². The van der Waals surface area contributed by atoms with Crippen molar-refractivity contribution in [2.75, 3.05) is 25.9 Å². The first kappa shape index (κ1) is 18.8. The zero-order valence-electron chi connectivity index (χ0n) is 16.6. The summed E-state index contributed by atoms with van der Waals surface area (Å²) < 4.78 is 10.7. The van der Waals surface area contributed by atoms with Crippen LogP contribution in [0.1, 0.15) is 42.9 Å². The molecule has 0 saturated heterocycles. The Bertz CT molecular complexity index is 878. The number of fused-ring (bicyclic) bond motifs is 1. The van der Waals surface area contributed by atoms with Gasteiger partial charge >= 0.3 is 0 Å². The molecule has 0 fully saturated rings. The van der Waals surface area contributed by atoms with E-state index in [0.29, 0.717) is 6.61 Å². The van der Waals surface area contributed by atoms with Gasteiger partial charge in [0.25, 0.3) is 0 Å². The molecule has 2 aromatic carbocycles. The molecular weight excluding hydrogens is 352 g/mol. The van der Waals surface area contributed by atoms with Crippen LogP contribution in [0.3, 0.4) is 0 Å². The van der Waals surface area contributed by atoms with Gasteiger partial charge in [0, 0.05) is 5.70 Å². The average molecular weight is 380 g/mol. The molecule has 2 aromatic rings. The predicted molar refractivity (Wildman–Crippen MR) is 111 cm³/mol. The zero-order chi connectivity index (χ0) is 19.5. The molecule has 1 aliphatic heterocycles. The number of hydroxylamine groups is 1. The maximum absolute atomic E-state index is 6.58. The van der Waals surface area contributed by atoms with E-state index in [0.717, 1.165) is 47.6 Å². The van der Waals surface area contributed by atoms with Gasteiger partial charge in [0.2, 0.25) is 0 Å². The first-order chi connectivity index (χ1) is 13.7. The predicted octanol–water partition coefficient (Wildman–Crippen LogP) is 4.53. The minimum Gasteiger partial charge on any atom is -0.493 e. The summed E-state index contributed by atoms with van der Waals surface area (Å²) in [6.07, 6.45) is 5.25. The van der Waals surface area contributed by atoms with Crippen molar-refractivity contribution in [2.45, 2.75) is 38.1 Å². The number of benzene rings is 2. The van der Waals surface area contributed by atoms with Crippen LogP contribution in [0, 0.1) is 0 Å². The van der Waals surface area contributed by atoms with E-state index in [1.165, 1.54) is 24.1 Å². The van der Waals surface area contributed by atoms with Gasteiger partial charge in [0.15, 0.2) is 11.5 Å². The maximum Gasteiger partial charge on any atom is 0.160 e. The van der Waals surface area contributed by atoms with Crippen LogP contribution < -0.4 is 20.3 Å². The second-order valence-electron chi connectivity index (χ2n) is 7.28. The van der Waals surface area contributed by atoms with Crippen molar-refractivity contribution in [1.29, 1.82) is 0 Å².